The Labute approximate surface area is 163 Å². The maximum absolute atomic E-state index is 13.2. The van der Waals surface area contributed by atoms with Crippen molar-refractivity contribution in [2.75, 3.05) is 18.4 Å². The summed E-state index contributed by atoms with van der Waals surface area (Å²) in [5.41, 5.74) is 0.864. The molecule has 8 heteroatoms. The molecule has 3 rings (SSSR count). The molecule has 2 aromatic rings. The number of halogens is 2. The van der Waals surface area contributed by atoms with Gasteiger partial charge in [0, 0.05) is 31.3 Å². The van der Waals surface area contributed by atoms with Gasteiger partial charge in [-0.2, -0.15) is 4.31 Å². The van der Waals surface area contributed by atoms with Gasteiger partial charge in [0.1, 0.15) is 11.6 Å². The van der Waals surface area contributed by atoms with Crippen LogP contribution in [0.1, 0.15) is 31.2 Å². The third-order valence-electron chi connectivity index (χ3n) is 4.66. The monoisotopic (exact) mass is 408 g/mol. The van der Waals surface area contributed by atoms with Crippen molar-refractivity contribution >= 4 is 21.6 Å². The highest BCUT2D eigenvalue weighted by Crippen LogP contribution is 2.21. The summed E-state index contributed by atoms with van der Waals surface area (Å²) in [6, 6.07) is 9.30. The largest absolute Gasteiger partial charge is 0.326 e. The molecule has 28 heavy (non-hydrogen) atoms. The second kappa shape index (κ2) is 8.79. The first-order chi connectivity index (χ1) is 13.3. The maximum Gasteiger partial charge on any atom is 0.243 e. The number of rotatable bonds is 6. The fraction of sp³-hybridized carbons (Fsp3) is 0.350. The number of carbonyl (C=O) groups is 1. The molecule has 1 heterocycles. The Morgan fingerprint density at radius 3 is 2.18 bits per heavy atom. The van der Waals surface area contributed by atoms with Gasteiger partial charge in [0.05, 0.1) is 4.90 Å². The molecule has 0 aliphatic carbocycles. The minimum absolute atomic E-state index is 0.0606. The molecule has 0 spiro atoms. The highest BCUT2D eigenvalue weighted by Gasteiger charge is 2.25. The fourth-order valence-electron chi connectivity index (χ4n) is 3.19. The summed E-state index contributed by atoms with van der Waals surface area (Å²) in [6.07, 6.45) is 3.29. The van der Waals surface area contributed by atoms with Gasteiger partial charge in [0.15, 0.2) is 0 Å². The summed E-state index contributed by atoms with van der Waals surface area (Å²) in [5.74, 6) is -1.91. The van der Waals surface area contributed by atoms with Crippen molar-refractivity contribution in [2.45, 2.75) is 37.0 Å². The van der Waals surface area contributed by atoms with E-state index in [4.69, 9.17) is 0 Å². The van der Waals surface area contributed by atoms with Gasteiger partial charge in [-0.25, -0.2) is 17.2 Å². The first-order valence-corrected chi connectivity index (χ1v) is 10.6. The van der Waals surface area contributed by atoms with Crippen molar-refractivity contribution in [1.82, 2.24) is 4.31 Å². The molecule has 1 N–H and O–H groups in total. The second-order valence-electron chi connectivity index (χ2n) is 6.81. The van der Waals surface area contributed by atoms with Crippen molar-refractivity contribution in [3.05, 3.63) is 59.7 Å². The van der Waals surface area contributed by atoms with Gasteiger partial charge < -0.3 is 5.32 Å². The molecule has 0 atom stereocenters. The van der Waals surface area contributed by atoms with E-state index in [-0.39, 0.29) is 22.9 Å². The van der Waals surface area contributed by atoms with Crippen LogP contribution in [0.15, 0.2) is 47.4 Å². The summed E-state index contributed by atoms with van der Waals surface area (Å²) >= 11 is 0. The maximum atomic E-state index is 13.2. The lowest BCUT2D eigenvalue weighted by Crippen LogP contribution is -2.35. The number of benzene rings is 2. The third kappa shape index (κ3) is 5.14. The van der Waals surface area contributed by atoms with Crippen molar-refractivity contribution in [3.63, 3.8) is 0 Å². The number of hydrogen-bond donors (Lipinski definition) is 1. The number of sulfonamides is 1. The number of amides is 1. The smallest absolute Gasteiger partial charge is 0.243 e. The van der Waals surface area contributed by atoms with E-state index in [1.54, 1.807) is 24.3 Å². The summed E-state index contributed by atoms with van der Waals surface area (Å²) < 4.78 is 53.1. The van der Waals surface area contributed by atoms with Gasteiger partial charge in [0.2, 0.25) is 15.9 Å². The molecule has 1 amide bonds. The molecule has 150 valence electrons. The molecule has 0 saturated carbocycles. The van der Waals surface area contributed by atoms with E-state index >= 15 is 0 Å². The standard InChI is InChI=1S/C20H22F2N2O3S/c21-16-12-17(22)14-18(13-16)23-20(25)9-6-15-4-7-19(8-5-15)28(26,27)24-10-2-1-3-11-24/h4-5,7-8,12-14H,1-3,6,9-11H2,(H,23,25). The van der Waals surface area contributed by atoms with Gasteiger partial charge in [-0.1, -0.05) is 18.6 Å². The van der Waals surface area contributed by atoms with Gasteiger partial charge >= 0.3 is 0 Å². The molecule has 0 bridgehead atoms. The Kier molecular flexibility index (Phi) is 6.41. The van der Waals surface area contributed by atoms with Crippen LogP contribution in [0.2, 0.25) is 0 Å². The number of nitrogens with one attached hydrogen (secondary N) is 1. The van der Waals surface area contributed by atoms with E-state index in [0.29, 0.717) is 19.5 Å². The third-order valence-corrected chi connectivity index (χ3v) is 6.58. The SMILES string of the molecule is O=C(CCc1ccc(S(=O)(=O)N2CCCCC2)cc1)Nc1cc(F)cc(F)c1. The van der Waals surface area contributed by atoms with Crippen LogP contribution < -0.4 is 5.32 Å². The van der Waals surface area contributed by atoms with Gasteiger partial charge in [-0.15, -0.1) is 0 Å². The summed E-state index contributed by atoms with van der Waals surface area (Å²) in [7, 11) is -3.48. The Bertz CT molecular complexity index is 920. The van der Waals surface area contributed by atoms with Crippen molar-refractivity contribution in [2.24, 2.45) is 0 Å². The predicted octanol–water partition coefficient (Wildman–Crippen LogP) is 3.71. The molecule has 0 unspecified atom stereocenters. The summed E-state index contributed by atoms with van der Waals surface area (Å²) in [6.45, 7) is 1.09. The van der Waals surface area contributed by atoms with Gasteiger partial charge in [-0.05, 0) is 49.1 Å². The number of piperidine rings is 1. The Morgan fingerprint density at radius 2 is 1.57 bits per heavy atom. The number of anilines is 1. The zero-order valence-corrected chi connectivity index (χ0v) is 16.1. The van der Waals surface area contributed by atoms with Gasteiger partial charge in [-0.3, -0.25) is 4.79 Å². The minimum atomic E-state index is -3.48. The van der Waals surface area contributed by atoms with E-state index in [9.17, 15) is 22.0 Å². The molecule has 0 radical (unpaired) electrons. The number of nitrogens with zero attached hydrogens (tertiary/aromatic N) is 1. The first kappa shape index (κ1) is 20.4. The minimum Gasteiger partial charge on any atom is -0.326 e. The van der Waals surface area contributed by atoms with Crippen molar-refractivity contribution < 1.29 is 22.0 Å². The van der Waals surface area contributed by atoms with Crippen LogP contribution >= 0.6 is 0 Å². The van der Waals surface area contributed by atoms with E-state index in [2.05, 4.69) is 5.32 Å². The van der Waals surface area contributed by atoms with Crippen molar-refractivity contribution in [3.8, 4) is 0 Å². The Hall–Kier alpha value is -2.32. The summed E-state index contributed by atoms with van der Waals surface area (Å²) in [4.78, 5) is 12.2. The van der Waals surface area contributed by atoms with Crippen LogP contribution in [0.5, 0.6) is 0 Å². The molecule has 1 fully saturated rings. The van der Waals surface area contributed by atoms with Crippen LogP contribution in [0.3, 0.4) is 0 Å². The highest BCUT2D eigenvalue weighted by atomic mass is 32.2. The van der Waals surface area contributed by atoms with Crippen LogP contribution in [-0.4, -0.2) is 31.7 Å². The fourth-order valence-corrected chi connectivity index (χ4v) is 4.71. The highest BCUT2D eigenvalue weighted by molar-refractivity contribution is 7.89. The molecule has 0 aromatic heterocycles. The van der Waals surface area contributed by atoms with Crippen molar-refractivity contribution in [1.29, 1.82) is 0 Å². The number of aryl methyl sites for hydroxylation is 1. The van der Waals surface area contributed by atoms with Gasteiger partial charge in [0.25, 0.3) is 0 Å². The average Bonchev–Trinajstić information content (AvgIpc) is 2.66. The Balaban J connectivity index is 1.57. The number of hydrogen-bond acceptors (Lipinski definition) is 3. The zero-order valence-electron chi connectivity index (χ0n) is 15.3. The normalized spacial score (nSPS) is 15.4. The lowest BCUT2D eigenvalue weighted by molar-refractivity contribution is -0.116. The first-order valence-electron chi connectivity index (χ1n) is 9.20. The molecular weight excluding hydrogens is 386 g/mol. The lowest BCUT2D eigenvalue weighted by atomic mass is 10.1. The molecule has 1 aliphatic heterocycles. The predicted molar refractivity (Wildman–Crippen MR) is 102 cm³/mol. The molecule has 2 aromatic carbocycles. The van der Waals surface area contributed by atoms with Crippen LogP contribution in [-0.2, 0) is 21.2 Å². The molecule has 1 saturated heterocycles. The summed E-state index contributed by atoms with van der Waals surface area (Å²) in [5, 5.41) is 2.45. The van der Waals surface area contributed by atoms with E-state index in [1.165, 1.54) is 4.31 Å². The van der Waals surface area contributed by atoms with Crippen LogP contribution in [0, 0.1) is 11.6 Å². The molecule has 5 nitrogen and oxygen atoms in total. The quantitative estimate of drug-likeness (QED) is 0.792. The van der Waals surface area contributed by atoms with E-state index in [1.807, 2.05) is 0 Å². The average molecular weight is 408 g/mol. The van der Waals surface area contributed by atoms with E-state index in [0.717, 1.165) is 43.0 Å². The Morgan fingerprint density at radius 1 is 0.964 bits per heavy atom. The lowest BCUT2D eigenvalue weighted by Gasteiger charge is -2.25. The van der Waals surface area contributed by atoms with E-state index < -0.39 is 21.7 Å². The second-order valence-corrected chi connectivity index (χ2v) is 8.75. The topological polar surface area (TPSA) is 66.5 Å². The van der Waals surface area contributed by atoms with Crippen LogP contribution in [0.25, 0.3) is 0 Å². The molecular formula is C20H22F2N2O3S. The zero-order chi connectivity index (χ0) is 20.1. The van der Waals surface area contributed by atoms with Crippen LogP contribution in [0.4, 0.5) is 14.5 Å². The number of carbonyl (C=O) groups excluding carboxylic acids is 1. The molecule has 1 aliphatic rings.